The third-order valence-corrected chi connectivity index (χ3v) is 4.21. The molecule has 9 heteroatoms. The number of anilines is 1. The number of rotatable bonds is 7. The fourth-order valence-electron chi connectivity index (χ4n) is 2.29. The highest BCUT2D eigenvalue weighted by Gasteiger charge is 2.28. The summed E-state index contributed by atoms with van der Waals surface area (Å²) in [5.74, 6) is 0.746. The molecule has 2 aromatic carbocycles. The first-order chi connectivity index (χ1) is 13.3. The van der Waals surface area contributed by atoms with Crippen LogP contribution in [0.2, 0.25) is 0 Å². The highest BCUT2D eigenvalue weighted by molar-refractivity contribution is 8.00. The highest BCUT2D eigenvalue weighted by Crippen LogP contribution is 2.40. The molecule has 0 saturated carbocycles. The highest BCUT2D eigenvalue weighted by atomic mass is 32.2. The zero-order valence-corrected chi connectivity index (χ0v) is 16.1. The van der Waals surface area contributed by atoms with E-state index in [2.05, 4.69) is 5.32 Å². The third kappa shape index (κ3) is 6.12. The molecule has 2 aromatic rings. The molecule has 0 aromatic heterocycles. The summed E-state index contributed by atoms with van der Waals surface area (Å²) in [7, 11) is 4.40. The van der Waals surface area contributed by atoms with Crippen molar-refractivity contribution in [2.24, 2.45) is 0 Å². The molecule has 0 aliphatic heterocycles. The minimum absolute atomic E-state index is 0.0755. The number of ether oxygens (including phenoxy) is 3. The van der Waals surface area contributed by atoms with Crippen molar-refractivity contribution in [2.75, 3.05) is 26.6 Å². The number of carbonyl (C=O) groups is 1. The molecule has 0 saturated heterocycles. The summed E-state index contributed by atoms with van der Waals surface area (Å²) in [5, 5.41) is 2.66. The third-order valence-electron chi connectivity index (χ3n) is 3.47. The SMILES string of the molecule is COc1cc(NC(=O)/C=C/c2ccc(SC(F)(F)F)cc2)cc(OC)c1OC. The van der Waals surface area contributed by atoms with Gasteiger partial charge in [0.2, 0.25) is 11.7 Å². The first-order valence-electron chi connectivity index (χ1n) is 7.90. The Morgan fingerprint density at radius 1 is 1.00 bits per heavy atom. The lowest BCUT2D eigenvalue weighted by molar-refractivity contribution is -0.111. The molecule has 0 radical (unpaired) electrons. The summed E-state index contributed by atoms with van der Waals surface area (Å²) in [5.41, 5.74) is -3.31. The van der Waals surface area contributed by atoms with E-state index in [0.717, 1.165) is 0 Å². The molecule has 0 atom stereocenters. The van der Waals surface area contributed by atoms with Gasteiger partial charge in [-0.3, -0.25) is 4.79 Å². The van der Waals surface area contributed by atoms with Crippen LogP contribution in [0.1, 0.15) is 5.56 Å². The molecule has 0 aliphatic rings. The van der Waals surface area contributed by atoms with Crippen molar-refractivity contribution in [1.29, 1.82) is 0 Å². The number of hydrogen-bond donors (Lipinski definition) is 1. The van der Waals surface area contributed by atoms with Crippen LogP contribution in [0.5, 0.6) is 17.2 Å². The molecule has 0 heterocycles. The second-order valence-electron chi connectivity index (χ2n) is 5.35. The first-order valence-corrected chi connectivity index (χ1v) is 8.72. The molecule has 0 spiro atoms. The summed E-state index contributed by atoms with van der Waals surface area (Å²) in [6.45, 7) is 0. The van der Waals surface area contributed by atoms with Crippen molar-refractivity contribution in [1.82, 2.24) is 0 Å². The van der Waals surface area contributed by atoms with Gasteiger partial charge >= 0.3 is 5.51 Å². The van der Waals surface area contributed by atoms with Crippen molar-refractivity contribution in [3.63, 3.8) is 0 Å². The average molecular weight is 413 g/mol. The van der Waals surface area contributed by atoms with Gasteiger partial charge in [0.15, 0.2) is 11.5 Å². The Morgan fingerprint density at radius 3 is 2.04 bits per heavy atom. The predicted octanol–water partition coefficient (Wildman–Crippen LogP) is 4.98. The lowest BCUT2D eigenvalue weighted by Crippen LogP contribution is -2.08. The minimum Gasteiger partial charge on any atom is -0.493 e. The van der Waals surface area contributed by atoms with Crippen LogP contribution in [-0.2, 0) is 4.79 Å². The lowest BCUT2D eigenvalue weighted by atomic mass is 10.2. The van der Waals surface area contributed by atoms with Crippen LogP contribution < -0.4 is 19.5 Å². The first kappa shape index (κ1) is 21.5. The van der Waals surface area contributed by atoms with Gasteiger partial charge in [0.25, 0.3) is 0 Å². The monoisotopic (exact) mass is 413 g/mol. The van der Waals surface area contributed by atoms with Gasteiger partial charge in [-0.25, -0.2) is 0 Å². The van der Waals surface area contributed by atoms with E-state index in [1.807, 2.05) is 0 Å². The molecule has 0 fully saturated rings. The van der Waals surface area contributed by atoms with E-state index in [1.165, 1.54) is 57.7 Å². The number of alkyl halides is 3. The maximum absolute atomic E-state index is 12.3. The van der Waals surface area contributed by atoms with Crippen LogP contribution in [0.15, 0.2) is 47.4 Å². The van der Waals surface area contributed by atoms with Gasteiger partial charge in [-0.1, -0.05) is 12.1 Å². The maximum Gasteiger partial charge on any atom is 0.446 e. The van der Waals surface area contributed by atoms with Crippen LogP contribution in [0.4, 0.5) is 18.9 Å². The fraction of sp³-hybridized carbons (Fsp3) is 0.211. The molecule has 0 unspecified atom stereocenters. The van der Waals surface area contributed by atoms with Crippen LogP contribution in [0.3, 0.4) is 0 Å². The van der Waals surface area contributed by atoms with Crippen LogP contribution in [0, 0.1) is 0 Å². The molecule has 1 N–H and O–H groups in total. The van der Waals surface area contributed by atoms with E-state index >= 15 is 0 Å². The van der Waals surface area contributed by atoms with Crippen molar-refractivity contribution in [2.45, 2.75) is 10.4 Å². The average Bonchev–Trinajstić information content (AvgIpc) is 2.65. The van der Waals surface area contributed by atoms with E-state index in [9.17, 15) is 18.0 Å². The Balaban J connectivity index is 2.07. The van der Waals surface area contributed by atoms with Gasteiger partial charge < -0.3 is 19.5 Å². The molecule has 1 amide bonds. The Labute approximate surface area is 164 Å². The normalized spacial score (nSPS) is 11.4. The number of methoxy groups -OCH3 is 3. The van der Waals surface area contributed by atoms with E-state index in [1.54, 1.807) is 12.1 Å². The summed E-state index contributed by atoms with van der Waals surface area (Å²) in [6, 6.07) is 8.84. The number of benzene rings is 2. The van der Waals surface area contributed by atoms with Gasteiger partial charge in [0.05, 0.1) is 21.3 Å². The minimum atomic E-state index is -4.34. The fourth-order valence-corrected chi connectivity index (χ4v) is 2.83. The number of halogens is 3. The van der Waals surface area contributed by atoms with Gasteiger partial charge in [-0.15, -0.1) is 0 Å². The molecule has 5 nitrogen and oxygen atoms in total. The van der Waals surface area contributed by atoms with Gasteiger partial charge in [-0.05, 0) is 35.5 Å². The number of thioether (sulfide) groups is 1. The van der Waals surface area contributed by atoms with Crippen molar-refractivity contribution in [3.8, 4) is 17.2 Å². The largest absolute Gasteiger partial charge is 0.493 e. The Kier molecular flexibility index (Phi) is 7.22. The Morgan fingerprint density at radius 2 is 1.57 bits per heavy atom. The van der Waals surface area contributed by atoms with Crippen LogP contribution in [0.25, 0.3) is 6.08 Å². The number of hydrogen-bond acceptors (Lipinski definition) is 5. The van der Waals surface area contributed by atoms with E-state index in [0.29, 0.717) is 28.5 Å². The standard InChI is InChI=1S/C19H18F3NO4S/c1-25-15-10-13(11-16(26-2)18(15)27-3)23-17(24)9-6-12-4-7-14(8-5-12)28-19(20,21)22/h4-11H,1-3H3,(H,23,24)/b9-6+. The van der Waals surface area contributed by atoms with Gasteiger partial charge in [0, 0.05) is 28.8 Å². The van der Waals surface area contributed by atoms with Crippen molar-refractivity contribution >= 4 is 29.4 Å². The van der Waals surface area contributed by atoms with Crippen LogP contribution >= 0.6 is 11.8 Å². The van der Waals surface area contributed by atoms with Crippen LogP contribution in [-0.4, -0.2) is 32.7 Å². The van der Waals surface area contributed by atoms with Crippen molar-refractivity contribution in [3.05, 3.63) is 48.0 Å². The Hall–Kier alpha value is -2.81. The topological polar surface area (TPSA) is 56.8 Å². The van der Waals surface area contributed by atoms with Crippen molar-refractivity contribution < 1.29 is 32.2 Å². The molecular weight excluding hydrogens is 395 g/mol. The summed E-state index contributed by atoms with van der Waals surface area (Å²) in [6.07, 6.45) is 2.77. The molecule has 2 rings (SSSR count). The summed E-state index contributed by atoms with van der Waals surface area (Å²) in [4.78, 5) is 12.2. The van der Waals surface area contributed by atoms with E-state index in [-0.39, 0.29) is 16.7 Å². The van der Waals surface area contributed by atoms with E-state index < -0.39 is 11.4 Å². The second kappa shape index (κ2) is 9.41. The lowest BCUT2D eigenvalue weighted by Gasteiger charge is -2.14. The predicted molar refractivity (Wildman–Crippen MR) is 102 cm³/mol. The molecule has 0 aliphatic carbocycles. The summed E-state index contributed by atoms with van der Waals surface area (Å²) >= 11 is -0.192. The quantitative estimate of drug-likeness (QED) is 0.513. The summed E-state index contributed by atoms with van der Waals surface area (Å²) < 4.78 is 52.6. The number of nitrogens with one attached hydrogen (secondary N) is 1. The smallest absolute Gasteiger partial charge is 0.446 e. The number of carbonyl (C=O) groups excluding carboxylic acids is 1. The number of amides is 1. The second-order valence-corrected chi connectivity index (χ2v) is 6.49. The molecule has 28 heavy (non-hydrogen) atoms. The Bertz CT molecular complexity index is 826. The van der Waals surface area contributed by atoms with Gasteiger partial charge in [-0.2, -0.15) is 13.2 Å². The van der Waals surface area contributed by atoms with Gasteiger partial charge in [0.1, 0.15) is 0 Å². The molecule has 150 valence electrons. The van der Waals surface area contributed by atoms with E-state index in [4.69, 9.17) is 14.2 Å². The molecular formula is C19H18F3NO4S. The zero-order valence-electron chi connectivity index (χ0n) is 15.3. The zero-order chi connectivity index (χ0) is 20.7. The molecule has 0 bridgehead atoms. The maximum atomic E-state index is 12.3.